The molecule has 5 rings (SSSR count). The highest BCUT2D eigenvalue weighted by molar-refractivity contribution is 5.99. The number of nitrogens with zero attached hydrogens (tertiary/aromatic N) is 5. The van der Waals surface area contributed by atoms with Crippen molar-refractivity contribution < 1.29 is 38.6 Å². The topological polar surface area (TPSA) is 172 Å². The molecule has 1 unspecified atom stereocenters. The number of ether oxygens (including phenoxy) is 2. The fourth-order valence-corrected chi connectivity index (χ4v) is 5.90. The number of carbonyl (C=O) groups excluding carboxylic acids is 4. The largest absolute Gasteiger partial charge is 0.483 e. The molecule has 3 aromatic rings. The fraction of sp³-hybridized carbons (Fsp3) is 0.424. The van der Waals surface area contributed by atoms with Crippen LogP contribution in [0.2, 0.25) is 0 Å². The molecule has 2 atom stereocenters. The van der Waals surface area contributed by atoms with E-state index in [1.807, 2.05) is 12.1 Å². The zero-order chi connectivity index (χ0) is 33.3. The maximum absolute atomic E-state index is 13.5. The van der Waals surface area contributed by atoms with E-state index in [4.69, 9.17) is 9.47 Å². The lowest BCUT2D eigenvalue weighted by Gasteiger charge is -2.35. The van der Waals surface area contributed by atoms with E-state index in [2.05, 4.69) is 15.3 Å². The van der Waals surface area contributed by atoms with Gasteiger partial charge in [0.05, 0.1) is 18.2 Å². The Kier molecular flexibility index (Phi) is 10.8. The second kappa shape index (κ2) is 15.3. The Hall–Kier alpha value is -5.27. The molecular weight excluding hydrogens is 608 g/mol. The summed E-state index contributed by atoms with van der Waals surface area (Å²) < 4.78 is 11.1. The van der Waals surface area contributed by atoms with Gasteiger partial charge in [-0.2, -0.15) is 0 Å². The van der Waals surface area contributed by atoms with Crippen molar-refractivity contribution in [3.63, 3.8) is 0 Å². The molecule has 47 heavy (non-hydrogen) atoms. The molecule has 2 N–H and O–H groups in total. The van der Waals surface area contributed by atoms with Crippen LogP contribution in [0.3, 0.4) is 0 Å². The minimum absolute atomic E-state index is 0.0535. The van der Waals surface area contributed by atoms with Gasteiger partial charge in [0, 0.05) is 63.0 Å². The summed E-state index contributed by atoms with van der Waals surface area (Å²) in [6.07, 6.45) is 4.15. The molecule has 248 valence electrons. The van der Waals surface area contributed by atoms with Crippen molar-refractivity contribution >= 4 is 40.7 Å². The molecule has 0 bridgehead atoms. The first-order chi connectivity index (χ1) is 22.7. The summed E-state index contributed by atoms with van der Waals surface area (Å²) in [5.74, 6) is -2.19. The van der Waals surface area contributed by atoms with Crippen molar-refractivity contribution in [1.29, 1.82) is 0 Å². The highest BCUT2D eigenvalue weighted by Gasteiger charge is 2.32. The summed E-state index contributed by atoms with van der Waals surface area (Å²) in [6, 6.07) is 11.0. The smallest absolute Gasteiger partial charge is 0.409 e. The lowest BCUT2D eigenvalue weighted by atomic mass is 10.1. The molecule has 1 aromatic carbocycles. The van der Waals surface area contributed by atoms with Gasteiger partial charge in [0.15, 0.2) is 6.61 Å². The Bertz CT molecular complexity index is 1610. The van der Waals surface area contributed by atoms with Crippen LogP contribution in [-0.4, -0.2) is 112 Å². The normalized spacial score (nSPS) is 16.9. The zero-order valence-electron chi connectivity index (χ0n) is 26.2. The monoisotopic (exact) mass is 646 g/mol. The number of benzene rings is 1. The molecule has 4 amide bonds. The molecule has 14 heteroatoms. The number of hydrogen-bond acceptors (Lipinski definition) is 9. The minimum atomic E-state index is -1.15. The van der Waals surface area contributed by atoms with Gasteiger partial charge in [0.25, 0.3) is 11.8 Å². The van der Waals surface area contributed by atoms with E-state index in [-0.39, 0.29) is 75.6 Å². The number of nitrogens with one attached hydrogen (secondary N) is 1. The molecule has 2 aromatic heterocycles. The Morgan fingerprint density at radius 1 is 1.00 bits per heavy atom. The first kappa shape index (κ1) is 33.1. The van der Waals surface area contributed by atoms with Crippen molar-refractivity contribution in [1.82, 2.24) is 30.0 Å². The second-order valence-electron chi connectivity index (χ2n) is 11.3. The van der Waals surface area contributed by atoms with Crippen molar-refractivity contribution in [2.24, 2.45) is 0 Å². The van der Waals surface area contributed by atoms with E-state index in [0.717, 1.165) is 18.4 Å². The highest BCUT2D eigenvalue weighted by atomic mass is 16.6. The molecule has 14 nitrogen and oxygen atoms in total. The molecule has 2 fully saturated rings. The van der Waals surface area contributed by atoms with E-state index in [0.29, 0.717) is 17.4 Å². The molecule has 0 spiro atoms. The van der Waals surface area contributed by atoms with Gasteiger partial charge in [-0.3, -0.25) is 24.2 Å². The lowest BCUT2D eigenvalue weighted by Crippen LogP contribution is -2.56. The Balaban J connectivity index is 1.30. The SMILES string of the molecule is CCOC(=O)N1CCN(C(=O)C(CCC(=O)O)NC(=O)c2cc(OCC(=O)N3CCC[C@H]3c3ccncc3)c3ccccc3n2)CC1. The summed E-state index contributed by atoms with van der Waals surface area (Å²) in [4.78, 5) is 77.1. The number of carboxylic acid groups (broad SMARTS) is 1. The predicted molar refractivity (Wildman–Crippen MR) is 168 cm³/mol. The van der Waals surface area contributed by atoms with Crippen LogP contribution in [0.15, 0.2) is 54.9 Å². The first-order valence-electron chi connectivity index (χ1n) is 15.7. The lowest BCUT2D eigenvalue weighted by molar-refractivity contribution is -0.138. The van der Waals surface area contributed by atoms with Gasteiger partial charge in [0.1, 0.15) is 17.5 Å². The summed E-state index contributed by atoms with van der Waals surface area (Å²) >= 11 is 0. The average Bonchev–Trinajstić information content (AvgIpc) is 3.59. The third-order valence-electron chi connectivity index (χ3n) is 8.29. The van der Waals surface area contributed by atoms with Crippen molar-refractivity contribution in [3.05, 3.63) is 66.1 Å². The van der Waals surface area contributed by atoms with Gasteiger partial charge >= 0.3 is 12.1 Å². The number of fused-ring (bicyclic) bond motifs is 1. The van der Waals surface area contributed by atoms with Crippen LogP contribution in [0.25, 0.3) is 10.9 Å². The third kappa shape index (κ3) is 8.12. The van der Waals surface area contributed by atoms with Gasteiger partial charge in [-0.05, 0) is 56.0 Å². The van der Waals surface area contributed by atoms with Crippen LogP contribution in [0.4, 0.5) is 4.79 Å². The molecule has 2 saturated heterocycles. The summed E-state index contributed by atoms with van der Waals surface area (Å²) in [5, 5.41) is 12.6. The number of carboxylic acids is 1. The predicted octanol–water partition coefficient (Wildman–Crippen LogP) is 2.64. The van der Waals surface area contributed by atoms with Crippen molar-refractivity contribution in [3.8, 4) is 5.75 Å². The van der Waals surface area contributed by atoms with Crippen LogP contribution >= 0.6 is 0 Å². The highest BCUT2D eigenvalue weighted by Crippen LogP contribution is 2.32. The molecule has 0 saturated carbocycles. The number of piperazine rings is 1. The Morgan fingerprint density at radius 2 is 1.72 bits per heavy atom. The quantitative estimate of drug-likeness (QED) is 0.316. The molecule has 0 aliphatic carbocycles. The van der Waals surface area contributed by atoms with E-state index < -0.39 is 29.9 Å². The maximum Gasteiger partial charge on any atom is 0.409 e. The first-order valence-corrected chi connectivity index (χ1v) is 15.7. The van der Waals surface area contributed by atoms with Crippen molar-refractivity contribution in [2.45, 2.75) is 44.7 Å². The van der Waals surface area contributed by atoms with Gasteiger partial charge in [-0.25, -0.2) is 9.78 Å². The number of aliphatic carboxylic acids is 1. The molecule has 4 heterocycles. The van der Waals surface area contributed by atoms with Crippen LogP contribution in [0.5, 0.6) is 5.75 Å². The van der Waals surface area contributed by atoms with E-state index >= 15 is 0 Å². The summed E-state index contributed by atoms with van der Waals surface area (Å²) in [7, 11) is 0. The number of pyridine rings is 2. The second-order valence-corrected chi connectivity index (χ2v) is 11.3. The number of hydrogen-bond donors (Lipinski definition) is 2. The number of likely N-dealkylation sites (tertiary alicyclic amines) is 1. The van der Waals surface area contributed by atoms with Crippen LogP contribution < -0.4 is 10.1 Å². The molecule has 0 radical (unpaired) electrons. The zero-order valence-corrected chi connectivity index (χ0v) is 26.2. The van der Waals surface area contributed by atoms with Crippen LogP contribution in [0.1, 0.15) is 54.7 Å². The van der Waals surface area contributed by atoms with Gasteiger partial charge < -0.3 is 34.6 Å². The van der Waals surface area contributed by atoms with E-state index in [1.54, 1.807) is 48.5 Å². The number of amides is 4. The third-order valence-corrected chi connectivity index (χ3v) is 8.29. The Labute approximate surface area is 271 Å². The minimum Gasteiger partial charge on any atom is -0.483 e. The number of carbonyl (C=O) groups is 5. The number of para-hydroxylation sites is 1. The van der Waals surface area contributed by atoms with Gasteiger partial charge in [-0.1, -0.05) is 12.1 Å². The van der Waals surface area contributed by atoms with E-state index in [1.165, 1.54) is 15.9 Å². The Morgan fingerprint density at radius 3 is 2.45 bits per heavy atom. The summed E-state index contributed by atoms with van der Waals surface area (Å²) in [5.41, 5.74) is 1.40. The summed E-state index contributed by atoms with van der Waals surface area (Å²) in [6.45, 7) is 3.19. The van der Waals surface area contributed by atoms with Gasteiger partial charge in [0.2, 0.25) is 5.91 Å². The van der Waals surface area contributed by atoms with Gasteiger partial charge in [-0.15, -0.1) is 0 Å². The molecule has 2 aliphatic heterocycles. The number of aromatic nitrogens is 2. The maximum atomic E-state index is 13.5. The molecular formula is C33H38N6O8. The van der Waals surface area contributed by atoms with Crippen LogP contribution in [0, 0.1) is 0 Å². The fourth-order valence-electron chi connectivity index (χ4n) is 5.90. The van der Waals surface area contributed by atoms with E-state index in [9.17, 15) is 29.1 Å². The van der Waals surface area contributed by atoms with Crippen molar-refractivity contribution in [2.75, 3.05) is 45.9 Å². The van der Waals surface area contributed by atoms with Crippen LogP contribution in [-0.2, 0) is 19.1 Å². The average molecular weight is 647 g/mol. The number of rotatable bonds is 11. The molecule has 2 aliphatic rings. The standard InChI is InChI=1S/C33H38N6O8/c1-2-46-33(45)38-18-16-37(17-19-38)32(44)25(9-10-30(41)42)36-31(43)26-20-28(23-6-3-4-7-24(23)35-26)47-21-29(40)39-15-5-8-27(39)22-11-13-34-14-12-22/h3-4,6-7,11-14,20,25,27H,2,5,8-10,15-19,21H2,1H3,(H,36,43)(H,41,42)/t25?,27-/m0/s1.